The normalized spacial score (nSPS) is 17.7. The summed E-state index contributed by atoms with van der Waals surface area (Å²) in [5, 5.41) is 8.32. The van der Waals surface area contributed by atoms with E-state index < -0.39 is 5.60 Å². The van der Waals surface area contributed by atoms with Crippen LogP contribution < -0.4 is 0 Å². The number of carbonyl (C=O) groups is 1. The number of hydrogen-bond acceptors (Lipinski definition) is 4. The maximum atomic E-state index is 12.7. The summed E-state index contributed by atoms with van der Waals surface area (Å²) in [6, 6.07) is 9.86. The van der Waals surface area contributed by atoms with Gasteiger partial charge in [0, 0.05) is 0 Å². The average molecular weight is 314 g/mol. The third kappa shape index (κ3) is 3.21. The molecule has 6 heteroatoms. The van der Waals surface area contributed by atoms with E-state index in [1.54, 1.807) is 4.90 Å². The van der Waals surface area contributed by atoms with Crippen molar-refractivity contribution in [2.24, 2.45) is 0 Å². The number of aromatic nitrogens is 3. The van der Waals surface area contributed by atoms with Crippen molar-refractivity contribution in [2.45, 2.75) is 52.4 Å². The first-order chi connectivity index (χ1) is 10.8. The summed E-state index contributed by atoms with van der Waals surface area (Å²) in [6.45, 7) is 8.58. The lowest BCUT2D eigenvalue weighted by Crippen LogP contribution is -2.44. The summed E-state index contributed by atoms with van der Waals surface area (Å²) >= 11 is 0. The molecule has 1 aromatic heterocycles. The van der Waals surface area contributed by atoms with E-state index in [-0.39, 0.29) is 12.1 Å². The Kier molecular flexibility index (Phi) is 3.83. The van der Waals surface area contributed by atoms with E-state index in [2.05, 4.69) is 10.3 Å². The van der Waals surface area contributed by atoms with Crippen molar-refractivity contribution in [2.75, 3.05) is 0 Å². The molecule has 0 radical (unpaired) electrons. The summed E-state index contributed by atoms with van der Waals surface area (Å²) in [6.07, 6.45) is -0.307. The van der Waals surface area contributed by atoms with Gasteiger partial charge in [-0.15, -0.1) is 5.10 Å². The zero-order valence-electron chi connectivity index (χ0n) is 14.0. The molecule has 0 N–H and O–H groups in total. The second-order valence-electron chi connectivity index (χ2n) is 6.84. The lowest BCUT2D eigenvalue weighted by molar-refractivity contribution is 0.00619. The van der Waals surface area contributed by atoms with Gasteiger partial charge in [0.05, 0.1) is 30.5 Å². The molecule has 0 fully saturated rings. The van der Waals surface area contributed by atoms with Crippen LogP contribution in [0.5, 0.6) is 0 Å². The van der Waals surface area contributed by atoms with Crippen molar-refractivity contribution in [3.8, 4) is 0 Å². The fourth-order valence-corrected chi connectivity index (χ4v) is 2.77. The van der Waals surface area contributed by atoms with Crippen LogP contribution in [0, 0.1) is 6.92 Å². The maximum absolute atomic E-state index is 12.7. The number of ether oxygens (including phenoxy) is 1. The highest BCUT2D eigenvalue weighted by Gasteiger charge is 2.35. The van der Waals surface area contributed by atoms with Crippen molar-refractivity contribution in [3.05, 3.63) is 47.3 Å². The van der Waals surface area contributed by atoms with E-state index in [1.807, 2.05) is 62.7 Å². The third-order valence-corrected chi connectivity index (χ3v) is 3.89. The molecule has 0 saturated heterocycles. The van der Waals surface area contributed by atoms with E-state index >= 15 is 0 Å². The molecule has 0 saturated carbocycles. The van der Waals surface area contributed by atoms with E-state index in [1.165, 1.54) is 0 Å². The number of hydrogen-bond donors (Lipinski definition) is 0. The first-order valence-corrected chi connectivity index (χ1v) is 7.79. The standard InChI is InChI=1S/C17H22N4O2/c1-12-14-10-20(16(22)23-17(2,3)4)15(11-21(14)19-18-12)13-8-6-5-7-9-13/h5-9,15H,10-11H2,1-4H3/t15-/m1/s1. The Morgan fingerprint density at radius 2 is 1.96 bits per heavy atom. The Labute approximate surface area is 136 Å². The van der Waals surface area contributed by atoms with Gasteiger partial charge >= 0.3 is 6.09 Å². The molecule has 0 bridgehead atoms. The van der Waals surface area contributed by atoms with E-state index in [4.69, 9.17) is 4.74 Å². The zero-order valence-corrected chi connectivity index (χ0v) is 14.0. The van der Waals surface area contributed by atoms with Gasteiger partial charge in [0.1, 0.15) is 5.60 Å². The number of fused-ring (bicyclic) bond motifs is 1. The molecule has 0 unspecified atom stereocenters. The molecule has 0 spiro atoms. The van der Waals surface area contributed by atoms with Gasteiger partial charge in [0.25, 0.3) is 0 Å². The zero-order chi connectivity index (χ0) is 16.6. The fourth-order valence-electron chi connectivity index (χ4n) is 2.77. The topological polar surface area (TPSA) is 60.2 Å². The third-order valence-electron chi connectivity index (χ3n) is 3.89. The Morgan fingerprint density at radius 3 is 2.61 bits per heavy atom. The molecule has 23 heavy (non-hydrogen) atoms. The molecule has 122 valence electrons. The molecule has 1 aromatic carbocycles. The fraction of sp³-hybridized carbons (Fsp3) is 0.471. The first-order valence-electron chi connectivity index (χ1n) is 7.79. The molecule has 3 rings (SSSR count). The van der Waals surface area contributed by atoms with Crippen LogP contribution in [0.3, 0.4) is 0 Å². The smallest absolute Gasteiger partial charge is 0.411 e. The van der Waals surface area contributed by atoms with Crippen molar-refractivity contribution in [3.63, 3.8) is 0 Å². The monoisotopic (exact) mass is 314 g/mol. The number of carbonyl (C=O) groups excluding carboxylic acids is 1. The first kappa shape index (κ1) is 15.5. The molecule has 1 atom stereocenters. The minimum Gasteiger partial charge on any atom is -0.444 e. The van der Waals surface area contributed by atoms with Gasteiger partial charge < -0.3 is 4.74 Å². The summed E-state index contributed by atoms with van der Waals surface area (Å²) in [4.78, 5) is 14.5. The van der Waals surface area contributed by atoms with Crippen LogP contribution in [0.25, 0.3) is 0 Å². The average Bonchev–Trinajstić information content (AvgIpc) is 2.86. The Balaban J connectivity index is 1.96. The number of amides is 1. The Bertz CT molecular complexity index is 703. The van der Waals surface area contributed by atoms with Crippen molar-refractivity contribution < 1.29 is 9.53 Å². The van der Waals surface area contributed by atoms with Crippen molar-refractivity contribution in [1.82, 2.24) is 19.9 Å². The van der Waals surface area contributed by atoms with Crippen molar-refractivity contribution in [1.29, 1.82) is 0 Å². The van der Waals surface area contributed by atoms with Crippen LogP contribution in [0.4, 0.5) is 4.79 Å². The summed E-state index contributed by atoms with van der Waals surface area (Å²) < 4.78 is 7.48. The van der Waals surface area contributed by atoms with E-state index in [0.29, 0.717) is 13.1 Å². The molecule has 1 amide bonds. The van der Waals surface area contributed by atoms with Crippen LogP contribution >= 0.6 is 0 Å². The minimum atomic E-state index is -0.524. The van der Waals surface area contributed by atoms with Gasteiger partial charge in [-0.3, -0.25) is 4.90 Å². The van der Waals surface area contributed by atoms with Crippen LogP contribution in [0.1, 0.15) is 43.8 Å². The summed E-state index contributed by atoms with van der Waals surface area (Å²) in [5.41, 5.74) is 2.36. The van der Waals surface area contributed by atoms with Crippen LogP contribution in [0.2, 0.25) is 0 Å². The second kappa shape index (κ2) is 5.68. The summed E-state index contributed by atoms with van der Waals surface area (Å²) in [5.74, 6) is 0. The highest BCUT2D eigenvalue weighted by atomic mass is 16.6. The van der Waals surface area contributed by atoms with Gasteiger partial charge in [-0.2, -0.15) is 0 Å². The Hall–Kier alpha value is -2.37. The van der Waals surface area contributed by atoms with Gasteiger partial charge in [-0.05, 0) is 33.3 Å². The Morgan fingerprint density at radius 1 is 1.26 bits per heavy atom. The predicted octanol–water partition coefficient (Wildman–Crippen LogP) is 3.08. The van der Waals surface area contributed by atoms with Gasteiger partial charge in [-0.25, -0.2) is 9.48 Å². The quantitative estimate of drug-likeness (QED) is 0.811. The molecule has 6 nitrogen and oxygen atoms in total. The van der Waals surface area contributed by atoms with E-state index in [0.717, 1.165) is 17.0 Å². The van der Waals surface area contributed by atoms with E-state index in [9.17, 15) is 4.79 Å². The number of benzene rings is 1. The van der Waals surface area contributed by atoms with Crippen LogP contribution in [0.15, 0.2) is 30.3 Å². The predicted molar refractivity (Wildman–Crippen MR) is 85.7 cm³/mol. The molecule has 1 aliphatic rings. The van der Waals surface area contributed by atoms with Crippen molar-refractivity contribution >= 4 is 6.09 Å². The SMILES string of the molecule is Cc1nnn2c1CN(C(=O)OC(C)(C)C)[C@@H](c1ccccc1)C2. The molecular formula is C17H22N4O2. The molecule has 2 heterocycles. The minimum absolute atomic E-state index is 0.111. The summed E-state index contributed by atoms with van der Waals surface area (Å²) in [7, 11) is 0. The highest BCUT2D eigenvalue weighted by Crippen LogP contribution is 2.31. The van der Waals surface area contributed by atoms with Crippen LogP contribution in [-0.2, 0) is 17.8 Å². The largest absolute Gasteiger partial charge is 0.444 e. The number of aryl methyl sites for hydroxylation is 1. The molecular weight excluding hydrogens is 292 g/mol. The maximum Gasteiger partial charge on any atom is 0.411 e. The number of nitrogens with zero attached hydrogens (tertiary/aromatic N) is 4. The van der Waals surface area contributed by atoms with Gasteiger partial charge in [-0.1, -0.05) is 35.5 Å². The lowest BCUT2D eigenvalue weighted by Gasteiger charge is -2.37. The molecule has 2 aromatic rings. The molecule has 1 aliphatic heterocycles. The van der Waals surface area contributed by atoms with Crippen LogP contribution in [-0.4, -0.2) is 31.6 Å². The molecule has 0 aliphatic carbocycles. The second-order valence-corrected chi connectivity index (χ2v) is 6.84. The van der Waals surface area contributed by atoms with Gasteiger partial charge in [0.15, 0.2) is 0 Å². The van der Waals surface area contributed by atoms with Gasteiger partial charge in [0.2, 0.25) is 0 Å². The number of rotatable bonds is 1. The highest BCUT2D eigenvalue weighted by molar-refractivity contribution is 5.69. The lowest BCUT2D eigenvalue weighted by atomic mass is 10.0.